The van der Waals surface area contributed by atoms with Crippen molar-refractivity contribution < 1.29 is 14.3 Å². The molecule has 1 fully saturated rings. The van der Waals surface area contributed by atoms with Gasteiger partial charge in [0.05, 0.1) is 6.61 Å². The maximum Gasteiger partial charge on any atom is 0.367 e. The van der Waals surface area contributed by atoms with Crippen LogP contribution in [0.25, 0.3) is 0 Å². The number of ether oxygens (including phenoxy) is 1. The minimum atomic E-state index is -0.471. The normalized spacial score (nSPS) is 21.8. The number of nitrogens with zero attached hydrogens (tertiary/aromatic N) is 1. The van der Waals surface area contributed by atoms with Crippen LogP contribution in [0.2, 0.25) is 0 Å². The molecule has 2 unspecified atom stereocenters. The van der Waals surface area contributed by atoms with Crippen LogP contribution in [0.3, 0.4) is 0 Å². The second-order valence-corrected chi connectivity index (χ2v) is 6.83. The van der Waals surface area contributed by atoms with E-state index in [9.17, 15) is 9.59 Å². The Morgan fingerprint density at radius 2 is 2.24 bits per heavy atom. The summed E-state index contributed by atoms with van der Waals surface area (Å²) < 4.78 is 4.88. The monoisotopic (exact) mass is 328 g/mol. The van der Waals surface area contributed by atoms with E-state index in [4.69, 9.17) is 4.74 Å². The molecular weight excluding hydrogens is 308 g/mol. The molecule has 0 radical (unpaired) electrons. The molecule has 0 bridgehead atoms. The summed E-state index contributed by atoms with van der Waals surface area (Å²) in [6, 6.07) is 0.189. The van der Waals surface area contributed by atoms with Crippen LogP contribution < -0.4 is 5.32 Å². The fourth-order valence-electron chi connectivity index (χ4n) is 2.45. The first-order chi connectivity index (χ1) is 10.2. The first-order valence-corrected chi connectivity index (χ1v) is 9.28. The van der Waals surface area contributed by atoms with E-state index in [-0.39, 0.29) is 17.0 Å². The maximum atomic E-state index is 12.2. The third-order valence-corrected chi connectivity index (χ3v) is 5.50. The smallest absolute Gasteiger partial charge is 0.367 e. The Hall–Kier alpha value is -1.08. The summed E-state index contributed by atoms with van der Waals surface area (Å²) >= 11 is 2.94. The number of hydrogen-bond acceptors (Lipinski definition) is 6. The molecule has 1 aliphatic rings. The lowest BCUT2D eigenvalue weighted by atomic mass is 9.95. The summed E-state index contributed by atoms with van der Waals surface area (Å²) in [5.74, 6) is -0.672. The van der Waals surface area contributed by atoms with Crippen molar-refractivity contribution >= 4 is 35.0 Å². The van der Waals surface area contributed by atoms with Crippen LogP contribution in [0, 0.1) is 0 Å². The number of carbonyl (C=O) groups is 2. The third kappa shape index (κ3) is 4.20. The minimum absolute atomic E-state index is 0.189. The molecule has 1 saturated carbocycles. The molecule has 7 heteroatoms. The molecule has 1 aromatic heterocycles. The average molecular weight is 328 g/mol. The van der Waals surface area contributed by atoms with E-state index >= 15 is 0 Å². The summed E-state index contributed by atoms with van der Waals surface area (Å²) in [6.45, 7) is 2.04. The van der Waals surface area contributed by atoms with Gasteiger partial charge in [-0.1, -0.05) is 12.8 Å². The molecular formula is C14H20N2O3S2. The number of hydrogen-bond donors (Lipinski definition) is 1. The van der Waals surface area contributed by atoms with Gasteiger partial charge in [-0.15, -0.1) is 11.3 Å². The molecule has 21 heavy (non-hydrogen) atoms. The first kappa shape index (κ1) is 16.3. The van der Waals surface area contributed by atoms with Gasteiger partial charge in [0.25, 0.3) is 5.91 Å². The van der Waals surface area contributed by atoms with Crippen LogP contribution in [0.4, 0.5) is 0 Å². The number of amides is 1. The molecule has 1 aliphatic carbocycles. The number of rotatable bonds is 5. The van der Waals surface area contributed by atoms with Crippen LogP contribution in [0.5, 0.6) is 0 Å². The van der Waals surface area contributed by atoms with Crippen LogP contribution in [0.1, 0.15) is 52.9 Å². The average Bonchev–Trinajstić information content (AvgIpc) is 2.98. The van der Waals surface area contributed by atoms with Crippen LogP contribution in [-0.2, 0) is 4.74 Å². The van der Waals surface area contributed by atoms with E-state index in [1.807, 2.05) is 0 Å². The Balaban J connectivity index is 1.98. The highest BCUT2D eigenvalue weighted by Crippen LogP contribution is 2.27. The van der Waals surface area contributed by atoms with Gasteiger partial charge in [-0.2, -0.15) is 11.8 Å². The fraction of sp³-hybridized carbons (Fsp3) is 0.643. The van der Waals surface area contributed by atoms with E-state index in [2.05, 4.69) is 16.6 Å². The van der Waals surface area contributed by atoms with Gasteiger partial charge in [-0.05, 0) is 26.0 Å². The zero-order chi connectivity index (χ0) is 15.2. The van der Waals surface area contributed by atoms with Crippen molar-refractivity contribution in [2.45, 2.75) is 43.9 Å². The molecule has 1 amide bonds. The minimum Gasteiger partial charge on any atom is -0.461 e. The summed E-state index contributed by atoms with van der Waals surface area (Å²) in [7, 11) is 0. The SMILES string of the molecule is CCOC(=O)c1nc(C(=O)NC2CCCCC2SC)cs1. The molecule has 0 saturated heterocycles. The van der Waals surface area contributed by atoms with E-state index in [0.717, 1.165) is 30.6 Å². The lowest BCUT2D eigenvalue weighted by Gasteiger charge is -2.30. The quantitative estimate of drug-likeness (QED) is 0.842. The lowest BCUT2D eigenvalue weighted by molar-refractivity contribution is 0.0526. The largest absolute Gasteiger partial charge is 0.461 e. The first-order valence-electron chi connectivity index (χ1n) is 7.12. The van der Waals surface area contributed by atoms with Crippen molar-refractivity contribution in [2.75, 3.05) is 12.9 Å². The molecule has 2 atom stereocenters. The van der Waals surface area contributed by atoms with Crippen LogP contribution in [-0.4, -0.2) is 41.0 Å². The molecule has 2 rings (SSSR count). The predicted molar refractivity (Wildman–Crippen MR) is 85.1 cm³/mol. The van der Waals surface area contributed by atoms with Crippen molar-refractivity contribution in [1.29, 1.82) is 0 Å². The fourth-order valence-corrected chi connectivity index (χ4v) is 4.08. The van der Waals surface area contributed by atoms with Crippen LogP contribution in [0.15, 0.2) is 5.38 Å². The van der Waals surface area contributed by atoms with Gasteiger partial charge in [0.15, 0.2) is 0 Å². The standard InChI is InChI=1S/C14H20N2O3S2/c1-3-19-14(18)13-16-10(8-21-13)12(17)15-9-6-4-5-7-11(9)20-2/h8-9,11H,3-7H2,1-2H3,(H,15,17). The number of thioether (sulfide) groups is 1. The summed E-state index contributed by atoms with van der Waals surface area (Å²) in [4.78, 5) is 27.9. The zero-order valence-corrected chi connectivity index (χ0v) is 13.9. The Bertz CT molecular complexity index is 504. The lowest BCUT2D eigenvalue weighted by Crippen LogP contribution is -2.43. The number of thiazole rings is 1. The second-order valence-electron chi connectivity index (χ2n) is 4.90. The van der Waals surface area contributed by atoms with Crippen LogP contribution >= 0.6 is 23.1 Å². The maximum absolute atomic E-state index is 12.2. The highest BCUT2D eigenvalue weighted by molar-refractivity contribution is 7.99. The molecule has 0 aromatic carbocycles. The topological polar surface area (TPSA) is 68.3 Å². The number of nitrogens with one attached hydrogen (secondary N) is 1. The van der Waals surface area contributed by atoms with Gasteiger partial charge in [0, 0.05) is 16.7 Å². The van der Waals surface area contributed by atoms with E-state index in [1.165, 1.54) is 6.42 Å². The molecule has 1 aromatic rings. The Labute approximate surface area is 132 Å². The summed E-state index contributed by atoms with van der Waals surface area (Å²) in [5.41, 5.74) is 0.300. The highest BCUT2D eigenvalue weighted by atomic mass is 32.2. The Morgan fingerprint density at radius 1 is 1.48 bits per heavy atom. The Kier molecular flexibility index (Phi) is 6.05. The third-order valence-electron chi connectivity index (χ3n) is 3.51. The van der Waals surface area contributed by atoms with Gasteiger partial charge in [-0.3, -0.25) is 4.79 Å². The molecule has 1 heterocycles. The van der Waals surface area contributed by atoms with Crippen molar-refractivity contribution in [1.82, 2.24) is 10.3 Å². The van der Waals surface area contributed by atoms with Gasteiger partial charge in [0.2, 0.25) is 5.01 Å². The van der Waals surface area contributed by atoms with Crippen molar-refractivity contribution in [3.05, 3.63) is 16.1 Å². The van der Waals surface area contributed by atoms with Gasteiger partial charge < -0.3 is 10.1 Å². The highest BCUT2D eigenvalue weighted by Gasteiger charge is 2.27. The molecule has 1 N–H and O–H groups in total. The van der Waals surface area contributed by atoms with Crippen molar-refractivity contribution in [3.63, 3.8) is 0 Å². The number of carbonyl (C=O) groups excluding carboxylic acids is 2. The zero-order valence-electron chi connectivity index (χ0n) is 12.3. The van der Waals surface area contributed by atoms with E-state index in [1.54, 1.807) is 24.1 Å². The molecule has 0 spiro atoms. The number of aromatic nitrogens is 1. The molecule has 0 aliphatic heterocycles. The van der Waals surface area contributed by atoms with Gasteiger partial charge in [0.1, 0.15) is 5.69 Å². The van der Waals surface area contributed by atoms with Crippen molar-refractivity contribution in [2.24, 2.45) is 0 Å². The second kappa shape index (κ2) is 7.79. The van der Waals surface area contributed by atoms with Gasteiger partial charge >= 0.3 is 5.97 Å². The molecule has 5 nitrogen and oxygen atoms in total. The Morgan fingerprint density at radius 3 is 2.95 bits per heavy atom. The summed E-state index contributed by atoms with van der Waals surface area (Å²) in [6.07, 6.45) is 6.59. The van der Waals surface area contributed by atoms with E-state index < -0.39 is 5.97 Å². The van der Waals surface area contributed by atoms with Crippen molar-refractivity contribution in [3.8, 4) is 0 Å². The van der Waals surface area contributed by atoms with Gasteiger partial charge in [-0.25, -0.2) is 9.78 Å². The predicted octanol–water partition coefficient (Wildman–Crippen LogP) is 2.72. The summed E-state index contributed by atoms with van der Waals surface area (Å²) in [5, 5.41) is 5.35. The number of esters is 1. The molecule has 116 valence electrons. The van der Waals surface area contributed by atoms with E-state index in [0.29, 0.717) is 17.6 Å².